The van der Waals surface area contributed by atoms with E-state index in [2.05, 4.69) is 0 Å². The van der Waals surface area contributed by atoms with Crippen LogP contribution in [0.5, 0.6) is 11.5 Å². The van der Waals surface area contributed by atoms with Crippen molar-refractivity contribution in [1.82, 2.24) is 9.78 Å². The average molecular weight is 481 g/mol. The third kappa shape index (κ3) is 7.80. The van der Waals surface area contributed by atoms with E-state index in [1.165, 1.54) is 0 Å². The highest BCUT2D eigenvalue weighted by atomic mass is 16.6. The molecule has 0 aliphatic carbocycles. The van der Waals surface area contributed by atoms with Gasteiger partial charge in [0.05, 0.1) is 51.0 Å². The fourth-order valence-electron chi connectivity index (χ4n) is 3.50. The van der Waals surface area contributed by atoms with Crippen molar-refractivity contribution in [3.63, 3.8) is 0 Å². The summed E-state index contributed by atoms with van der Waals surface area (Å²) in [6.45, 7) is 5.66. The molecule has 2 aliphatic rings. The standard InChI is InChI=1S/C27H32N2O6/c1(13-30-17-25-19-34-25)15-32-23-7-3-21(4-8-23)27-11-12-29(28-27)22-5-9-24(10-6-22)33-16-2-14-31-18-26-20-35-26/h3-12,25-26H,1-2,13-20H2. The van der Waals surface area contributed by atoms with Crippen LogP contribution in [-0.2, 0) is 18.9 Å². The maximum atomic E-state index is 5.80. The molecule has 3 heterocycles. The van der Waals surface area contributed by atoms with Crippen LogP contribution in [0.2, 0.25) is 0 Å². The van der Waals surface area contributed by atoms with E-state index in [1.807, 2.05) is 65.5 Å². The molecule has 5 rings (SSSR count). The first-order valence-electron chi connectivity index (χ1n) is 12.2. The van der Waals surface area contributed by atoms with E-state index >= 15 is 0 Å². The molecule has 0 N–H and O–H groups in total. The van der Waals surface area contributed by atoms with Crippen molar-refractivity contribution in [2.45, 2.75) is 25.0 Å². The van der Waals surface area contributed by atoms with Gasteiger partial charge in [-0.1, -0.05) is 0 Å². The molecular weight excluding hydrogens is 448 g/mol. The van der Waals surface area contributed by atoms with E-state index in [1.54, 1.807) is 0 Å². The van der Waals surface area contributed by atoms with Gasteiger partial charge < -0.3 is 28.4 Å². The Hall–Kier alpha value is -2.91. The van der Waals surface area contributed by atoms with E-state index in [4.69, 9.17) is 33.5 Å². The first-order chi connectivity index (χ1) is 17.3. The quantitative estimate of drug-likeness (QED) is 0.227. The molecule has 0 saturated carbocycles. The molecular formula is C27H32N2O6. The van der Waals surface area contributed by atoms with Gasteiger partial charge in [0, 0.05) is 37.8 Å². The number of hydrogen-bond donors (Lipinski definition) is 0. The molecule has 2 atom stereocenters. The molecule has 2 aliphatic heterocycles. The zero-order chi connectivity index (χ0) is 23.7. The van der Waals surface area contributed by atoms with Crippen LogP contribution in [0.3, 0.4) is 0 Å². The number of rotatable bonds is 16. The molecule has 0 spiro atoms. The minimum Gasteiger partial charge on any atom is -0.494 e. The highest BCUT2D eigenvalue weighted by molar-refractivity contribution is 5.60. The molecule has 3 aromatic rings. The molecule has 0 bridgehead atoms. The van der Waals surface area contributed by atoms with Gasteiger partial charge in [-0.05, 0) is 54.6 Å². The fraction of sp³-hybridized carbons (Fsp3) is 0.444. The van der Waals surface area contributed by atoms with Gasteiger partial charge in [-0.3, -0.25) is 0 Å². The lowest BCUT2D eigenvalue weighted by atomic mass is 10.1. The van der Waals surface area contributed by atoms with Gasteiger partial charge in [0.1, 0.15) is 23.7 Å². The fourth-order valence-corrected chi connectivity index (χ4v) is 3.50. The Kier molecular flexibility index (Phi) is 8.28. The molecule has 0 amide bonds. The number of nitrogens with zero attached hydrogens (tertiary/aromatic N) is 2. The van der Waals surface area contributed by atoms with Crippen molar-refractivity contribution >= 4 is 0 Å². The van der Waals surface area contributed by atoms with Crippen LogP contribution < -0.4 is 9.47 Å². The summed E-state index contributed by atoms with van der Waals surface area (Å²) in [4.78, 5) is 0. The topological polar surface area (TPSA) is 79.8 Å². The van der Waals surface area contributed by atoms with Crippen molar-refractivity contribution in [2.75, 3.05) is 52.9 Å². The van der Waals surface area contributed by atoms with Crippen LogP contribution in [0.15, 0.2) is 60.8 Å². The van der Waals surface area contributed by atoms with Gasteiger partial charge in [-0.25, -0.2) is 4.68 Å². The van der Waals surface area contributed by atoms with Crippen LogP contribution >= 0.6 is 0 Å². The van der Waals surface area contributed by atoms with E-state index in [0.29, 0.717) is 51.8 Å². The summed E-state index contributed by atoms with van der Waals surface area (Å²) >= 11 is 0. The molecule has 8 heteroatoms. The van der Waals surface area contributed by atoms with Crippen LogP contribution in [0.25, 0.3) is 16.9 Å². The third-order valence-electron chi connectivity index (χ3n) is 5.66. The van der Waals surface area contributed by atoms with Crippen molar-refractivity contribution in [3.05, 3.63) is 60.8 Å². The molecule has 2 saturated heterocycles. The Morgan fingerprint density at radius 1 is 0.714 bits per heavy atom. The second-order valence-electron chi connectivity index (χ2n) is 8.63. The van der Waals surface area contributed by atoms with Crippen LogP contribution in [0.4, 0.5) is 0 Å². The summed E-state index contributed by atoms with van der Waals surface area (Å²) in [6.07, 6.45) is 4.30. The minimum atomic E-state index is 0.313. The molecule has 2 aromatic carbocycles. The van der Waals surface area contributed by atoms with Crippen molar-refractivity contribution in [1.29, 1.82) is 0 Å². The van der Waals surface area contributed by atoms with Gasteiger partial charge in [0.25, 0.3) is 0 Å². The second-order valence-corrected chi connectivity index (χ2v) is 8.63. The summed E-state index contributed by atoms with van der Waals surface area (Å²) in [5, 5.41) is 4.72. The maximum Gasteiger partial charge on any atom is 0.119 e. The first kappa shape index (κ1) is 23.8. The summed E-state index contributed by atoms with van der Waals surface area (Å²) in [6, 6.07) is 18.0. The van der Waals surface area contributed by atoms with Crippen LogP contribution in [-0.4, -0.2) is 74.8 Å². The summed E-state index contributed by atoms with van der Waals surface area (Å²) in [7, 11) is 0. The van der Waals surface area contributed by atoms with Gasteiger partial charge in [-0.15, -0.1) is 0 Å². The lowest BCUT2D eigenvalue weighted by Crippen LogP contribution is -2.06. The lowest BCUT2D eigenvalue weighted by molar-refractivity contribution is 0.104. The predicted octanol–water partition coefficient (Wildman–Crippen LogP) is 3.91. The highest BCUT2D eigenvalue weighted by Crippen LogP contribution is 2.23. The van der Waals surface area contributed by atoms with Crippen LogP contribution in [0, 0.1) is 0 Å². The number of benzene rings is 2. The summed E-state index contributed by atoms with van der Waals surface area (Å²) in [5.41, 5.74) is 2.93. The second kappa shape index (κ2) is 12.2. The minimum absolute atomic E-state index is 0.313. The Morgan fingerprint density at radius 3 is 1.80 bits per heavy atom. The van der Waals surface area contributed by atoms with E-state index in [-0.39, 0.29) is 0 Å². The van der Waals surface area contributed by atoms with Gasteiger partial charge in [0.15, 0.2) is 0 Å². The van der Waals surface area contributed by atoms with Gasteiger partial charge in [0.2, 0.25) is 0 Å². The van der Waals surface area contributed by atoms with Crippen LogP contribution in [0.1, 0.15) is 12.8 Å². The SMILES string of the molecule is c1cc(-c2ccn(-c3ccc(OCCCOCC4CO4)cc3)n2)ccc1OCCCOCC1CO1. The Balaban J connectivity index is 1.03. The molecule has 186 valence electrons. The Morgan fingerprint density at radius 2 is 1.26 bits per heavy atom. The first-order valence-corrected chi connectivity index (χ1v) is 12.2. The van der Waals surface area contributed by atoms with Gasteiger partial charge in [-0.2, -0.15) is 5.10 Å². The maximum absolute atomic E-state index is 5.80. The normalized spacial score (nSPS) is 18.4. The van der Waals surface area contributed by atoms with E-state index < -0.39 is 0 Å². The molecule has 2 unspecified atom stereocenters. The van der Waals surface area contributed by atoms with Crippen molar-refractivity contribution in [3.8, 4) is 28.4 Å². The predicted molar refractivity (Wildman–Crippen MR) is 130 cm³/mol. The Labute approximate surface area is 205 Å². The summed E-state index contributed by atoms with van der Waals surface area (Å²) < 4.78 is 34.8. The molecule has 0 radical (unpaired) electrons. The number of ether oxygens (including phenoxy) is 6. The van der Waals surface area contributed by atoms with Crippen molar-refractivity contribution in [2.24, 2.45) is 0 Å². The molecule has 2 fully saturated rings. The number of aromatic nitrogens is 2. The van der Waals surface area contributed by atoms with Gasteiger partial charge >= 0.3 is 0 Å². The van der Waals surface area contributed by atoms with Crippen molar-refractivity contribution < 1.29 is 28.4 Å². The van der Waals surface area contributed by atoms with E-state index in [0.717, 1.165) is 54.5 Å². The molecule has 1 aromatic heterocycles. The zero-order valence-electron chi connectivity index (χ0n) is 19.8. The number of epoxide rings is 2. The Bertz CT molecular complexity index is 947. The third-order valence-corrected chi connectivity index (χ3v) is 5.66. The lowest BCUT2D eigenvalue weighted by Gasteiger charge is -2.08. The summed E-state index contributed by atoms with van der Waals surface area (Å²) in [5.74, 6) is 1.68. The highest BCUT2D eigenvalue weighted by Gasteiger charge is 2.22. The molecule has 8 nitrogen and oxygen atoms in total. The molecule has 35 heavy (non-hydrogen) atoms. The van der Waals surface area contributed by atoms with E-state index in [9.17, 15) is 0 Å². The monoisotopic (exact) mass is 480 g/mol. The average Bonchev–Trinajstić information content (AvgIpc) is 3.83. The number of hydrogen-bond acceptors (Lipinski definition) is 7. The smallest absolute Gasteiger partial charge is 0.119 e. The zero-order valence-corrected chi connectivity index (χ0v) is 19.8. The largest absolute Gasteiger partial charge is 0.494 e.